The summed E-state index contributed by atoms with van der Waals surface area (Å²) >= 11 is 0. The second kappa shape index (κ2) is 13.9. The maximum Gasteiger partial charge on any atom is 0.150 e. The van der Waals surface area contributed by atoms with Crippen LogP contribution in [0, 0.1) is 41.5 Å². The fourth-order valence-electron chi connectivity index (χ4n) is 7.83. The Labute approximate surface area is 293 Å². The van der Waals surface area contributed by atoms with Crippen LogP contribution in [0.4, 0.5) is 0 Å². The molecule has 50 heavy (non-hydrogen) atoms. The molecule has 246 valence electrons. The molecule has 0 spiro atoms. The Morgan fingerprint density at radius 1 is 0.260 bits per heavy atom. The van der Waals surface area contributed by atoms with Gasteiger partial charge < -0.3 is 0 Å². The molecule has 6 aromatic rings. The molecule has 0 bridgehead atoms. The van der Waals surface area contributed by atoms with E-state index in [4.69, 9.17) is 0 Å². The van der Waals surface area contributed by atoms with Gasteiger partial charge in [-0.2, -0.15) is 0 Å². The first-order chi connectivity index (χ1) is 24.1. The lowest BCUT2D eigenvalue weighted by Gasteiger charge is -2.28. The highest BCUT2D eigenvalue weighted by Crippen LogP contribution is 2.49. The van der Waals surface area contributed by atoms with Crippen molar-refractivity contribution in [2.75, 3.05) is 0 Å². The Morgan fingerprint density at radius 2 is 0.420 bits per heavy atom. The van der Waals surface area contributed by atoms with E-state index >= 15 is 0 Å². The van der Waals surface area contributed by atoms with Gasteiger partial charge in [-0.25, -0.2) is 0 Å². The molecule has 0 saturated carbocycles. The lowest BCUT2D eigenvalue weighted by molar-refractivity contribution is 0.111. The summed E-state index contributed by atoms with van der Waals surface area (Å²) in [5.41, 5.74) is 19.8. The fourth-order valence-corrected chi connectivity index (χ4v) is 7.83. The van der Waals surface area contributed by atoms with Gasteiger partial charge in [0.1, 0.15) is 25.1 Å². The molecule has 0 N–H and O–H groups in total. The quantitative estimate of drug-likeness (QED) is 0.146. The average molecular weight is 655 g/mol. The molecular formula is C46H38O4. The topological polar surface area (TPSA) is 68.3 Å². The van der Waals surface area contributed by atoms with Crippen molar-refractivity contribution in [3.8, 4) is 55.6 Å². The summed E-state index contributed by atoms with van der Waals surface area (Å²) in [7, 11) is 0. The molecule has 0 aliphatic carbocycles. The molecule has 0 saturated heterocycles. The summed E-state index contributed by atoms with van der Waals surface area (Å²) in [6.07, 6.45) is 3.43. The lowest BCUT2D eigenvalue weighted by atomic mass is 9.75. The molecule has 0 atom stereocenters. The predicted octanol–water partition coefficient (Wildman–Crippen LogP) is 11.1. The molecule has 4 nitrogen and oxygen atoms in total. The first-order valence-corrected chi connectivity index (χ1v) is 16.6. The molecule has 0 amide bonds. The van der Waals surface area contributed by atoms with E-state index in [1.807, 2.05) is 97.1 Å². The van der Waals surface area contributed by atoms with Gasteiger partial charge >= 0.3 is 0 Å². The summed E-state index contributed by atoms with van der Waals surface area (Å²) in [6, 6.07) is 30.9. The van der Waals surface area contributed by atoms with Crippen LogP contribution < -0.4 is 0 Å². The van der Waals surface area contributed by atoms with Gasteiger partial charge in [0.25, 0.3) is 0 Å². The van der Waals surface area contributed by atoms with E-state index < -0.39 is 0 Å². The van der Waals surface area contributed by atoms with E-state index in [0.717, 1.165) is 114 Å². The van der Waals surface area contributed by atoms with Crippen LogP contribution in [0.15, 0.2) is 97.1 Å². The first-order valence-electron chi connectivity index (χ1n) is 16.6. The van der Waals surface area contributed by atoms with Gasteiger partial charge in [-0.3, -0.25) is 19.2 Å². The van der Waals surface area contributed by atoms with Crippen LogP contribution >= 0.6 is 0 Å². The van der Waals surface area contributed by atoms with Gasteiger partial charge in [0.2, 0.25) is 0 Å². The van der Waals surface area contributed by atoms with Crippen molar-refractivity contribution in [1.82, 2.24) is 0 Å². The first kappa shape index (κ1) is 33.9. The zero-order chi connectivity index (χ0) is 35.7. The average Bonchev–Trinajstić information content (AvgIpc) is 3.14. The summed E-state index contributed by atoms with van der Waals surface area (Å²) in [5.74, 6) is 0. The zero-order valence-electron chi connectivity index (χ0n) is 29.2. The number of aldehydes is 4. The monoisotopic (exact) mass is 654 g/mol. The second-order valence-corrected chi connectivity index (χ2v) is 13.0. The third-order valence-corrected chi connectivity index (χ3v) is 10.1. The van der Waals surface area contributed by atoms with Crippen LogP contribution in [0.25, 0.3) is 55.6 Å². The molecular weight excluding hydrogens is 617 g/mol. The smallest absolute Gasteiger partial charge is 0.150 e. The molecule has 4 heteroatoms. The molecule has 6 aromatic carbocycles. The molecule has 0 unspecified atom stereocenters. The molecule has 0 aromatic heterocycles. The van der Waals surface area contributed by atoms with Crippen molar-refractivity contribution in [1.29, 1.82) is 0 Å². The number of carbonyl (C=O) groups is 4. The van der Waals surface area contributed by atoms with Crippen molar-refractivity contribution >= 4 is 25.1 Å². The van der Waals surface area contributed by atoms with E-state index in [-0.39, 0.29) is 0 Å². The Kier molecular flexibility index (Phi) is 9.39. The SMILES string of the molecule is Cc1c(-c2ccc(C=O)cc2)c(C)c(-c2c(C)c(-c3ccc(C=O)cc3)c(C)c(-c3ccc(C=O)cc3)c2C)c(C)c1-c1ccc(C=O)cc1. The molecule has 0 radical (unpaired) electrons. The minimum Gasteiger partial charge on any atom is -0.298 e. The highest BCUT2D eigenvalue weighted by atomic mass is 16.1. The summed E-state index contributed by atoms with van der Waals surface area (Å²) in [4.78, 5) is 46.3. The summed E-state index contributed by atoms with van der Waals surface area (Å²) in [5, 5.41) is 0. The van der Waals surface area contributed by atoms with Crippen molar-refractivity contribution in [2.45, 2.75) is 41.5 Å². The molecule has 6 rings (SSSR count). The number of carbonyl (C=O) groups excluding carboxylic acids is 4. The van der Waals surface area contributed by atoms with Gasteiger partial charge in [-0.05, 0) is 131 Å². The molecule has 0 aliphatic rings. The normalized spacial score (nSPS) is 10.9. The zero-order valence-corrected chi connectivity index (χ0v) is 29.2. The van der Waals surface area contributed by atoms with Crippen molar-refractivity contribution in [2.24, 2.45) is 0 Å². The summed E-state index contributed by atoms with van der Waals surface area (Å²) in [6.45, 7) is 13.0. The van der Waals surface area contributed by atoms with Crippen LogP contribution in [-0.2, 0) is 0 Å². The largest absolute Gasteiger partial charge is 0.298 e. The van der Waals surface area contributed by atoms with Gasteiger partial charge in [-0.15, -0.1) is 0 Å². The Morgan fingerprint density at radius 3 is 0.580 bits per heavy atom. The maximum absolute atomic E-state index is 11.6. The predicted molar refractivity (Wildman–Crippen MR) is 204 cm³/mol. The van der Waals surface area contributed by atoms with Gasteiger partial charge in [0.15, 0.2) is 0 Å². The third-order valence-electron chi connectivity index (χ3n) is 10.1. The summed E-state index contributed by atoms with van der Waals surface area (Å²) < 4.78 is 0. The number of hydrogen-bond donors (Lipinski definition) is 0. The van der Waals surface area contributed by atoms with E-state index in [1.54, 1.807) is 0 Å². The van der Waals surface area contributed by atoms with E-state index in [9.17, 15) is 19.2 Å². The number of benzene rings is 6. The number of hydrogen-bond acceptors (Lipinski definition) is 4. The van der Waals surface area contributed by atoms with Crippen LogP contribution in [0.2, 0.25) is 0 Å². The maximum atomic E-state index is 11.6. The van der Waals surface area contributed by atoms with Gasteiger partial charge in [0, 0.05) is 22.3 Å². The third kappa shape index (κ3) is 5.83. The second-order valence-electron chi connectivity index (χ2n) is 13.0. The Balaban J connectivity index is 1.78. The van der Waals surface area contributed by atoms with Gasteiger partial charge in [0.05, 0.1) is 0 Å². The minimum atomic E-state index is 0.613. The van der Waals surface area contributed by atoms with Crippen LogP contribution in [-0.4, -0.2) is 25.1 Å². The van der Waals surface area contributed by atoms with Gasteiger partial charge in [-0.1, -0.05) is 97.1 Å². The van der Waals surface area contributed by atoms with E-state index in [2.05, 4.69) is 41.5 Å². The van der Waals surface area contributed by atoms with E-state index in [0.29, 0.717) is 22.3 Å². The highest BCUT2D eigenvalue weighted by molar-refractivity contribution is 5.98. The fraction of sp³-hybridized carbons (Fsp3) is 0.130. The minimum absolute atomic E-state index is 0.613. The van der Waals surface area contributed by atoms with Crippen molar-refractivity contribution < 1.29 is 19.2 Å². The Bertz CT molecular complexity index is 1970. The van der Waals surface area contributed by atoms with E-state index in [1.165, 1.54) is 0 Å². The van der Waals surface area contributed by atoms with Crippen molar-refractivity contribution in [3.63, 3.8) is 0 Å². The van der Waals surface area contributed by atoms with Crippen LogP contribution in [0.3, 0.4) is 0 Å². The standard InChI is InChI=1S/C46H38O4/c1-27-41(37-15-7-33(23-47)8-16-37)29(3)45(30(4)42(27)38-17-9-34(24-48)10-18-38)46-31(5)43(39-19-11-35(25-49)12-20-39)28(2)44(32(46)6)40-21-13-36(26-50)14-22-40/h7-26H,1-6H3. The molecule has 0 aliphatic heterocycles. The van der Waals surface area contributed by atoms with Crippen LogP contribution in [0.5, 0.6) is 0 Å². The lowest BCUT2D eigenvalue weighted by Crippen LogP contribution is -2.06. The Hall–Kier alpha value is -6.00. The molecule has 0 fully saturated rings. The number of rotatable bonds is 9. The van der Waals surface area contributed by atoms with Crippen molar-refractivity contribution in [3.05, 3.63) is 153 Å². The highest BCUT2D eigenvalue weighted by Gasteiger charge is 2.26. The van der Waals surface area contributed by atoms with Crippen LogP contribution in [0.1, 0.15) is 74.8 Å². The molecule has 0 heterocycles.